The molecule has 0 atom stereocenters. The summed E-state index contributed by atoms with van der Waals surface area (Å²) in [6, 6.07) is 14.2. The number of amides is 1. The second-order valence-corrected chi connectivity index (χ2v) is 6.30. The summed E-state index contributed by atoms with van der Waals surface area (Å²) in [5.41, 5.74) is 6.73. The van der Waals surface area contributed by atoms with Crippen LogP contribution in [0.4, 0.5) is 4.39 Å². The van der Waals surface area contributed by atoms with E-state index in [4.69, 9.17) is 21.8 Å². The maximum absolute atomic E-state index is 13.3. The normalized spacial score (nSPS) is 11.0. The van der Waals surface area contributed by atoms with Gasteiger partial charge in [-0.15, -0.1) is 0 Å². The summed E-state index contributed by atoms with van der Waals surface area (Å²) in [7, 11) is 0. The van der Waals surface area contributed by atoms with Crippen LogP contribution in [0.1, 0.15) is 20.9 Å². The van der Waals surface area contributed by atoms with Gasteiger partial charge in [0.1, 0.15) is 11.6 Å². The standard InChI is InChI=1S/C20H12ClFN2O3/c21-14-9-11(5-6-15(14)22)17-7-8-18(27-17)20(26)24-10-13(19(23)25)12-3-1-2-4-16(12)24/h1-10H,(H2,23,25). The average molecular weight is 383 g/mol. The van der Waals surface area contributed by atoms with Crippen LogP contribution in [0.25, 0.3) is 22.2 Å². The van der Waals surface area contributed by atoms with E-state index in [9.17, 15) is 14.0 Å². The minimum absolute atomic E-state index is 0.0423. The van der Waals surface area contributed by atoms with Crippen molar-refractivity contribution in [3.05, 3.63) is 83.0 Å². The van der Waals surface area contributed by atoms with Gasteiger partial charge in [0.25, 0.3) is 11.8 Å². The maximum Gasteiger partial charge on any atom is 0.298 e. The van der Waals surface area contributed by atoms with Gasteiger partial charge in [-0.2, -0.15) is 0 Å². The average Bonchev–Trinajstić information content (AvgIpc) is 3.28. The van der Waals surface area contributed by atoms with Gasteiger partial charge >= 0.3 is 0 Å². The van der Waals surface area contributed by atoms with E-state index in [2.05, 4.69) is 0 Å². The lowest BCUT2D eigenvalue weighted by Crippen LogP contribution is -2.12. The van der Waals surface area contributed by atoms with Crippen molar-refractivity contribution in [3.8, 4) is 11.3 Å². The number of nitrogens with zero attached hydrogens (tertiary/aromatic N) is 1. The van der Waals surface area contributed by atoms with Gasteiger partial charge in [0.2, 0.25) is 0 Å². The number of nitrogens with two attached hydrogens (primary N) is 1. The van der Waals surface area contributed by atoms with Crippen molar-refractivity contribution in [2.45, 2.75) is 0 Å². The minimum Gasteiger partial charge on any atom is -0.451 e. The molecule has 0 radical (unpaired) electrons. The Kier molecular flexibility index (Phi) is 4.05. The van der Waals surface area contributed by atoms with Crippen LogP contribution < -0.4 is 5.73 Å². The van der Waals surface area contributed by atoms with Crippen molar-refractivity contribution in [2.24, 2.45) is 5.73 Å². The molecule has 0 fully saturated rings. The number of primary amides is 1. The SMILES string of the molecule is NC(=O)c1cn(C(=O)c2ccc(-c3ccc(F)c(Cl)c3)o2)c2ccccc12. The first kappa shape index (κ1) is 17.1. The van der Waals surface area contributed by atoms with Gasteiger partial charge in [-0.05, 0) is 36.4 Å². The molecule has 4 rings (SSSR count). The molecular formula is C20H12ClFN2O3. The molecule has 2 heterocycles. The largest absolute Gasteiger partial charge is 0.451 e. The zero-order valence-electron chi connectivity index (χ0n) is 13.8. The Labute approximate surface area is 157 Å². The fraction of sp³-hybridized carbons (Fsp3) is 0. The van der Waals surface area contributed by atoms with E-state index in [1.165, 1.54) is 35.0 Å². The highest BCUT2D eigenvalue weighted by molar-refractivity contribution is 6.31. The lowest BCUT2D eigenvalue weighted by molar-refractivity contribution is 0.0938. The quantitative estimate of drug-likeness (QED) is 0.567. The van der Waals surface area contributed by atoms with E-state index >= 15 is 0 Å². The molecule has 2 aromatic carbocycles. The third-order valence-electron chi connectivity index (χ3n) is 4.22. The minimum atomic E-state index is -0.626. The van der Waals surface area contributed by atoms with Crippen LogP contribution in [0.5, 0.6) is 0 Å². The molecule has 1 amide bonds. The summed E-state index contributed by atoms with van der Waals surface area (Å²) in [5.74, 6) is -1.20. The Balaban J connectivity index is 1.76. The second-order valence-electron chi connectivity index (χ2n) is 5.89. The third-order valence-corrected chi connectivity index (χ3v) is 4.51. The number of carbonyl (C=O) groups is 2. The van der Waals surface area contributed by atoms with Crippen LogP contribution in [0.15, 0.2) is 65.2 Å². The Bertz CT molecular complexity index is 1210. The van der Waals surface area contributed by atoms with E-state index in [1.54, 1.807) is 30.3 Å². The first-order valence-corrected chi connectivity index (χ1v) is 8.33. The Morgan fingerprint density at radius 3 is 2.59 bits per heavy atom. The number of rotatable bonds is 3. The first-order valence-electron chi connectivity index (χ1n) is 7.95. The Hall–Kier alpha value is -3.38. The van der Waals surface area contributed by atoms with Crippen LogP contribution in [0.2, 0.25) is 5.02 Å². The highest BCUT2D eigenvalue weighted by atomic mass is 35.5. The Morgan fingerprint density at radius 1 is 1.07 bits per heavy atom. The van der Waals surface area contributed by atoms with Crippen molar-refractivity contribution >= 4 is 34.3 Å². The lowest BCUT2D eigenvalue weighted by Gasteiger charge is -2.02. The molecule has 2 aromatic heterocycles. The van der Waals surface area contributed by atoms with Crippen molar-refractivity contribution < 1.29 is 18.4 Å². The summed E-state index contributed by atoms with van der Waals surface area (Å²) in [5, 5.41) is 0.537. The molecule has 0 aliphatic carbocycles. The molecule has 0 aliphatic rings. The topological polar surface area (TPSA) is 78.2 Å². The van der Waals surface area contributed by atoms with Gasteiger partial charge in [-0.25, -0.2) is 4.39 Å². The first-order chi connectivity index (χ1) is 13.0. The summed E-state index contributed by atoms with van der Waals surface area (Å²) in [6.45, 7) is 0. The monoisotopic (exact) mass is 382 g/mol. The summed E-state index contributed by atoms with van der Waals surface area (Å²) in [6.07, 6.45) is 1.40. The molecule has 0 spiro atoms. The summed E-state index contributed by atoms with van der Waals surface area (Å²) >= 11 is 5.80. The van der Waals surface area contributed by atoms with Gasteiger partial charge in [-0.1, -0.05) is 29.8 Å². The van der Waals surface area contributed by atoms with Crippen LogP contribution in [-0.2, 0) is 0 Å². The van der Waals surface area contributed by atoms with Gasteiger partial charge in [0.15, 0.2) is 5.76 Å². The smallest absolute Gasteiger partial charge is 0.298 e. The van der Waals surface area contributed by atoms with Crippen LogP contribution >= 0.6 is 11.6 Å². The van der Waals surface area contributed by atoms with E-state index < -0.39 is 17.6 Å². The van der Waals surface area contributed by atoms with E-state index in [0.717, 1.165) is 0 Å². The molecule has 0 aliphatic heterocycles. The lowest BCUT2D eigenvalue weighted by atomic mass is 10.2. The fourth-order valence-electron chi connectivity index (χ4n) is 2.92. The number of carbonyl (C=O) groups excluding carboxylic acids is 2. The number of hydrogen-bond donors (Lipinski definition) is 1. The number of fused-ring (bicyclic) bond motifs is 1. The summed E-state index contributed by atoms with van der Waals surface area (Å²) in [4.78, 5) is 24.6. The molecule has 0 bridgehead atoms. The molecule has 0 saturated carbocycles. The second kappa shape index (κ2) is 6.41. The molecule has 5 nitrogen and oxygen atoms in total. The molecule has 27 heavy (non-hydrogen) atoms. The van der Waals surface area contributed by atoms with Crippen LogP contribution in [-0.4, -0.2) is 16.4 Å². The fourth-order valence-corrected chi connectivity index (χ4v) is 3.10. The number of para-hydroxylation sites is 1. The van der Waals surface area contributed by atoms with Crippen molar-refractivity contribution in [3.63, 3.8) is 0 Å². The van der Waals surface area contributed by atoms with Crippen molar-refractivity contribution in [2.75, 3.05) is 0 Å². The zero-order valence-corrected chi connectivity index (χ0v) is 14.5. The van der Waals surface area contributed by atoms with Gasteiger partial charge in [0, 0.05) is 17.1 Å². The molecule has 2 N–H and O–H groups in total. The van der Waals surface area contributed by atoms with Crippen molar-refractivity contribution in [1.82, 2.24) is 4.57 Å². The van der Waals surface area contributed by atoms with Crippen molar-refractivity contribution in [1.29, 1.82) is 0 Å². The van der Waals surface area contributed by atoms with Crippen LogP contribution in [0, 0.1) is 5.82 Å². The van der Waals surface area contributed by atoms with Gasteiger partial charge < -0.3 is 10.2 Å². The molecule has 4 aromatic rings. The van der Waals surface area contributed by atoms with E-state index in [1.807, 2.05) is 0 Å². The number of furan rings is 1. The van der Waals surface area contributed by atoms with E-state index in [-0.39, 0.29) is 16.3 Å². The van der Waals surface area contributed by atoms with Crippen LogP contribution in [0.3, 0.4) is 0 Å². The predicted octanol–water partition coefficient (Wildman–Crippen LogP) is 4.48. The highest BCUT2D eigenvalue weighted by Crippen LogP contribution is 2.28. The molecule has 134 valence electrons. The van der Waals surface area contributed by atoms with E-state index in [0.29, 0.717) is 22.2 Å². The molecule has 0 unspecified atom stereocenters. The number of hydrogen-bond acceptors (Lipinski definition) is 3. The predicted molar refractivity (Wildman–Crippen MR) is 99.3 cm³/mol. The maximum atomic E-state index is 13.3. The van der Waals surface area contributed by atoms with Gasteiger partial charge in [-0.3, -0.25) is 14.2 Å². The summed E-state index contributed by atoms with van der Waals surface area (Å²) < 4.78 is 20.3. The molecular weight excluding hydrogens is 371 g/mol. The number of benzene rings is 2. The third kappa shape index (κ3) is 2.90. The Morgan fingerprint density at radius 2 is 1.85 bits per heavy atom. The van der Waals surface area contributed by atoms with Gasteiger partial charge in [0.05, 0.1) is 16.1 Å². The highest BCUT2D eigenvalue weighted by Gasteiger charge is 2.20. The number of halogens is 2. The number of aromatic nitrogens is 1. The molecule has 0 saturated heterocycles. The zero-order chi connectivity index (χ0) is 19.1. The molecule has 7 heteroatoms.